The minimum atomic E-state index is 0.905. The van der Waals surface area contributed by atoms with Gasteiger partial charge in [-0.15, -0.1) is 0 Å². The molecule has 1 aromatic carbocycles. The highest BCUT2D eigenvalue weighted by Crippen LogP contribution is 2.25. The maximum atomic E-state index is 4.84. The summed E-state index contributed by atoms with van der Waals surface area (Å²) in [6.07, 6.45) is 9.35. The lowest BCUT2D eigenvalue weighted by atomic mass is 10.0. The molecule has 0 radical (unpaired) electrons. The summed E-state index contributed by atoms with van der Waals surface area (Å²) in [6, 6.07) is 12.6. The van der Waals surface area contributed by atoms with Crippen LogP contribution in [0.1, 0.15) is 16.8 Å². The lowest BCUT2D eigenvalue weighted by molar-refractivity contribution is 1.09. The van der Waals surface area contributed by atoms with E-state index in [9.17, 15) is 0 Å². The Morgan fingerprint density at radius 3 is 2.72 bits per heavy atom. The van der Waals surface area contributed by atoms with Gasteiger partial charge in [-0.1, -0.05) is 54.6 Å². The Morgan fingerprint density at radius 1 is 1.06 bits per heavy atom. The van der Waals surface area contributed by atoms with Gasteiger partial charge in [0.05, 0.1) is 11.4 Å². The van der Waals surface area contributed by atoms with Crippen LogP contribution in [0.4, 0.5) is 0 Å². The van der Waals surface area contributed by atoms with Gasteiger partial charge in [0, 0.05) is 12.0 Å². The van der Waals surface area contributed by atoms with Crippen LogP contribution in [-0.2, 0) is 6.42 Å². The van der Waals surface area contributed by atoms with Crippen molar-refractivity contribution in [3.05, 3.63) is 71.4 Å². The summed E-state index contributed by atoms with van der Waals surface area (Å²) in [4.78, 5) is 4.84. The number of allylic oxidation sites excluding steroid dienone is 3. The van der Waals surface area contributed by atoms with Gasteiger partial charge in [-0.3, -0.25) is 4.98 Å². The van der Waals surface area contributed by atoms with Crippen LogP contribution >= 0.6 is 0 Å². The van der Waals surface area contributed by atoms with Crippen molar-refractivity contribution in [1.82, 2.24) is 4.98 Å². The maximum absolute atomic E-state index is 4.84. The Balaban J connectivity index is 2.15. The normalized spacial score (nSPS) is 13.2. The number of aromatic nitrogens is 1. The first-order valence-corrected chi connectivity index (χ1v) is 6.24. The third-order valence-corrected chi connectivity index (χ3v) is 3.21. The summed E-state index contributed by atoms with van der Waals surface area (Å²) in [7, 11) is 0. The van der Waals surface area contributed by atoms with Crippen LogP contribution in [0.5, 0.6) is 0 Å². The zero-order valence-corrected chi connectivity index (χ0v) is 10.4. The van der Waals surface area contributed by atoms with Gasteiger partial charge < -0.3 is 0 Å². The fourth-order valence-electron chi connectivity index (χ4n) is 2.29. The molecule has 0 N–H and O–H groups in total. The van der Waals surface area contributed by atoms with Gasteiger partial charge in [0.25, 0.3) is 0 Å². The van der Waals surface area contributed by atoms with Gasteiger partial charge >= 0.3 is 0 Å². The van der Waals surface area contributed by atoms with Crippen LogP contribution in [0, 0.1) is 6.92 Å². The van der Waals surface area contributed by atoms with E-state index in [1.165, 1.54) is 16.7 Å². The number of rotatable bonds is 1. The van der Waals surface area contributed by atoms with E-state index >= 15 is 0 Å². The molecule has 0 aliphatic heterocycles. The highest BCUT2D eigenvalue weighted by molar-refractivity contribution is 5.67. The quantitative estimate of drug-likeness (QED) is 0.720. The smallest absolute Gasteiger partial charge is 0.0735 e. The Hall–Kier alpha value is -2.15. The molecule has 1 heteroatoms. The van der Waals surface area contributed by atoms with Crippen molar-refractivity contribution in [2.24, 2.45) is 0 Å². The first-order valence-electron chi connectivity index (χ1n) is 6.24. The molecule has 0 saturated carbocycles. The highest BCUT2D eigenvalue weighted by Gasteiger charge is 2.09. The standard InChI is InChI=1S/C17H15N/c1-13-12-15-10-6-3-7-11-16(15)18-17(13)14-8-4-2-5-9-14/h2-10,12H,11H2,1H3. The number of hydrogen-bond acceptors (Lipinski definition) is 1. The SMILES string of the molecule is Cc1cc2c(nc1-c1ccccc1)CC=CC=C2. The van der Waals surface area contributed by atoms with Gasteiger partial charge in [0.1, 0.15) is 0 Å². The summed E-state index contributed by atoms with van der Waals surface area (Å²) in [5.74, 6) is 0. The van der Waals surface area contributed by atoms with Crippen molar-refractivity contribution in [2.75, 3.05) is 0 Å². The molecule has 1 nitrogen and oxygen atoms in total. The number of hydrogen-bond donors (Lipinski definition) is 0. The lowest BCUT2D eigenvalue weighted by Gasteiger charge is -2.10. The van der Waals surface area contributed by atoms with Gasteiger partial charge in [-0.2, -0.15) is 0 Å². The summed E-state index contributed by atoms with van der Waals surface area (Å²) >= 11 is 0. The maximum Gasteiger partial charge on any atom is 0.0735 e. The van der Waals surface area contributed by atoms with Crippen molar-refractivity contribution in [2.45, 2.75) is 13.3 Å². The Labute approximate surface area is 108 Å². The van der Waals surface area contributed by atoms with E-state index in [-0.39, 0.29) is 0 Å². The molecule has 1 aliphatic rings. The Kier molecular flexibility index (Phi) is 2.81. The molecule has 1 aromatic heterocycles. The van der Waals surface area contributed by atoms with E-state index in [4.69, 9.17) is 4.98 Å². The van der Waals surface area contributed by atoms with Crippen LogP contribution < -0.4 is 0 Å². The summed E-state index contributed by atoms with van der Waals surface area (Å²) in [5.41, 5.74) is 5.90. The van der Waals surface area contributed by atoms with Crippen LogP contribution in [0.15, 0.2) is 54.6 Å². The van der Waals surface area contributed by atoms with Gasteiger partial charge in [0.2, 0.25) is 0 Å². The summed E-state index contributed by atoms with van der Waals surface area (Å²) < 4.78 is 0. The molecule has 3 rings (SSSR count). The molecule has 0 fully saturated rings. The molecule has 0 unspecified atom stereocenters. The van der Waals surface area contributed by atoms with Crippen molar-refractivity contribution in [1.29, 1.82) is 0 Å². The molecule has 0 bridgehead atoms. The summed E-state index contributed by atoms with van der Waals surface area (Å²) in [5, 5.41) is 0. The molecule has 88 valence electrons. The third kappa shape index (κ3) is 2.00. The van der Waals surface area contributed by atoms with Crippen molar-refractivity contribution < 1.29 is 0 Å². The molecule has 2 aromatic rings. The number of benzene rings is 1. The monoisotopic (exact) mass is 233 g/mol. The average Bonchev–Trinajstić information content (AvgIpc) is 2.63. The number of aryl methyl sites for hydroxylation is 1. The largest absolute Gasteiger partial charge is 0.252 e. The highest BCUT2D eigenvalue weighted by atomic mass is 14.7. The number of pyridine rings is 1. The topological polar surface area (TPSA) is 12.9 Å². The van der Waals surface area contributed by atoms with E-state index in [0.717, 1.165) is 17.8 Å². The minimum Gasteiger partial charge on any atom is -0.252 e. The van der Waals surface area contributed by atoms with Crippen molar-refractivity contribution >= 4 is 6.08 Å². The predicted octanol–water partition coefficient (Wildman–Crippen LogP) is 4.18. The molecular formula is C17H15N. The second kappa shape index (κ2) is 4.61. The zero-order valence-electron chi connectivity index (χ0n) is 10.4. The third-order valence-electron chi connectivity index (χ3n) is 3.21. The fourth-order valence-corrected chi connectivity index (χ4v) is 2.29. The average molecular weight is 233 g/mol. The zero-order chi connectivity index (χ0) is 12.4. The fraction of sp³-hybridized carbons (Fsp3) is 0.118. The van der Waals surface area contributed by atoms with Crippen LogP contribution in [0.3, 0.4) is 0 Å². The molecule has 0 atom stereocenters. The van der Waals surface area contributed by atoms with Crippen LogP contribution in [0.2, 0.25) is 0 Å². The molecule has 0 spiro atoms. The molecule has 0 amide bonds. The van der Waals surface area contributed by atoms with Crippen LogP contribution in [-0.4, -0.2) is 4.98 Å². The van der Waals surface area contributed by atoms with E-state index in [1.807, 2.05) is 6.07 Å². The lowest BCUT2D eigenvalue weighted by Crippen LogP contribution is -1.97. The van der Waals surface area contributed by atoms with Gasteiger partial charge in [-0.25, -0.2) is 0 Å². The van der Waals surface area contributed by atoms with Crippen LogP contribution in [0.25, 0.3) is 17.3 Å². The molecule has 1 heterocycles. The predicted molar refractivity (Wildman–Crippen MR) is 76.3 cm³/mol. The number of fused-ring (bicyclic) bond motifs is 1. The van der Waals surface area contributed by atoms with Gasteiger partial charge in [0.15, 0.2) is 0 Å². The van der Waals surface area contributed by atoms with E-state index in [2.05, 4.69) is 61.6 Å². The second-order valence-electron chi connectivity index (χ2n) is 4.55. The first kappa shape index (κ1) is 11.0. The van der Waals surface area contributed by atoms with E-state index in [1.54, 1.807) is 0 Å². The van der Waals surface area contributed by atoms with Crippen molar-refractivity contribution in [3.8, 4) is 11.3 Å². The summed E-state index contributed by atoms with van der Waals surface area (Å²) in [6.45, 7) is 2.13. The van der Waals surface area contributed by atoms with Crippen molar-refractivity contribution in [3.63, 3.8) is 0 Å². The van der Waals surface area contributed by atoms with Gasteiger partial charge in [-0.05, 0) is 24.1 Å². The molecule has 1 aliphatic carbocycles. The molecular weight excluding hydrogens is 218 g/mol. The van der Waals surface area contributed by atoms with E-state index < -0.39 is 0 Å². The second-order valence-corrected chi connectivity index (χ2v) is 4.55. The first-order chi connectivity index (χ1) is 8.84. The minimum absolute atomic E-state index is 0.905. The Morgan fingerprint density at radius 2 is 1.89 bits per heavy atom. The Bertz CT molecular complexity index is 622. The number of nitrogens with zero attached hydrogens (tertiary/aromatic N) is 1. The molecule has 0 saturated heterocycles. The molecule has 18 heavy (non-hydrogen) atoms. The van der Waals surface area contributed by atoms with E-state index in [0.29, 0.717) is 0 Å².